The van der Waals surface area contributed by atoms with Crippen molar-refractivity contribution in [2.24, 2.45) is 0 Å². The number of aromatic nitrogens is 1. The monoisotopic (exact) mass is 181 g/mol. The summed E-state index contributed by atoms with van der Waals surface area (Å²) >= 11 is 0. The van der Waals surface area contributed by atoms with Gasteiger partial charge in [-0.15, -0.1) is 0 Å². The number of carbonyl (C=O) groups is 1. The summed E-state index contributed by atoms with van der Waals surface area (Å²) in [7, 11) is 0. The molecule has 13 heavy (non-hydrogen) atoms. The Balaban J connectivity index is 2.96. The Hall–Kier alpha value is -1.25. The molecule has 2 N–H and O–H groups in total. The van der Waals surface area contributed by atoms with Crippen LogP contribution in [0.3, 0.4) is 0 Å². The van der Waals surface area contributed by atoms with Crippen LogP contribution in [0.4, 0.5) is 0 Å². The zero-order valence-electron chi connectivity index (χ0n) is 8.22. The second kappa shape index (κ2) is 3.24. The van der Waals surface area contributed by atoms with E-state index in [2.05, 4.69) is 25.8 Å². The molecule has 0 saturated carbocycles. The molecule has 0 aliphatic carbocycles. The largest absolute Gasteiger partial charge is 0.481 e. The third-order valence-corrected chi connectivity index (χ3v) is 1.97. The molecule has 0 spiro atoms. The van der Waals surface area contributed by atoms with Gasteiger partial charge in [0.05, 0.1) is 6.42 Å². The number of carboxylic acids is 1. The van der Waals surface area contributed by atoms with Gasteiger partial charge in [0.2, 0.25) is 0 Å². The van der Waals surface area contributed by atoms with E-state index in [1.807, 2.05) is 6.07 Å². The van der Waals surface area contributed by atoms with E-state index in [0.717, 1.165) is 11.3 Å². The van der Waals surface area contributed by atoms with Gasteiger partial charge >= 0.3 is 5.97 Å². The van der Waals surface area contributed by atoms with E-state index in [-0.39, 0.29) is 11.8 Å². The first-order chi connectivity index (χ1) is 5.91. The number of H-pyrrole nitrogens is 1. The maximum atomic E-state index is 10.5. The number of aliphatic carboxylic acids is 1. The molecule has 1 rings (SSSR count). The van der Waals surface area contributed by atoms with Gasteiger partial charge in [-0.05, 0) is 17.0 Å². The zero-order valence-corrected chi connectivity index (χ0v) is 8.22. The minimum absolute atomic E-state index is 0.00475. The van der Waals surface area contributed by atoms with E-state index in [0.29, 0.717) is 0 Å². The highest BCUT2D eigenvalue weighted by Crippen LogP contribution is 2.25. The molecule has 1 aromatic heterocycles. The minimum atomic E-state index is -0.798. The third-order valence-electron chi connectivity index (χ3n) is 1.97. The van der Waals surface area contributed by atoms with E-state index in [4.69, 9.17) is 5.11 Å². The third kappa shape index (κ3) is 2.34. The highest BCUT2D eigenvalue weighted by Gasteiger charge is 2.19. The first-order valence-electron chi connectivity index (χ1n) is 4.30. The van der Waals surface area contributed by atoms with E-state index in [1.54, 1.807) is 6.20 Å². The molecule has 0 amide bonds. The van der Waals surface area contributed by atoms with E-state index >= 15 is 0 Å². The smallest absolute Gasteiger partial charge is 0.309 e. The molecule has 3 heteroatoms. The lowest BCUT2D eigenvalue weighted by atomic mass is 9.86. The summed E-state index contributed by atoms with van der Waals surface area (Å²) in [5.41, 5.74) is 1.89. The predicted molar refractivity (Wildman–Crippen MR) is 50.8 cm³/mol. The Morgan fingerprint density at radius 1 is 1.54 bits per heavy atom. The summed E-state index contributed by atoms with van der Waals surface area (Å²) in [6, 6.07) is 1.94. The maximum absolute atomic E-state index is 10.5. The summed E-state index contributed by atoms with van der Waals surface area (Å²) in [4.78, 5) is 13.5. The fourth-order valence-corrected chi connectivity index (χ4v) is 1.40. The van der Waals surface area contributed by atoms with Gasteiger partial charge in [-0.2, -0.15) is 0 Å². The lowest BCUT2D eigenvalue weighted by Crippen LogP contribution is -2.14. The average Bonchev–Trinajstić information content (AvgIpc) is 2.31. The number of aromatic amines is 1. The van der Waals surface area contributed by atoms with Crippen molar-refractivity contribution >= 4 is 5.97 Å². The molecule has 0 bridgehead atoms. The molecule has 0 radical (unpaired) electrons. The lowest BCUT2D eigenvalue weighted by Gasteiger charge is -2.18. The quantitative estimate of drug-likeness (QED) is 0.732. The number of carboxylic acid groups (broad SMARTS) is 1. The number of rotatable bonds is 2. The Morgan fingerprint density at radius 2 is 2.15 bits per heavy atom. The Labute approximate surface area is 77.8 Å². The Bertz CT molecular complexity index is 307. The van der Waals surface area contributed by atoms with Crippen molar-refractivity contribution in [2.45, 2.75) is 32.6 Å². The molecule has 0 fully saturated rings. The van der Waals surface area contributed by atoms with E-state index < -0.39 is 5.97 Å². The van der Waals surface area contributed by atoms with Crippen molar-refractivity contribution in [1.82, 2.24) is 4.98 Å². The molecule has 1 aromatic rings. The Morgan fingerprint density at radius 3 is 2.62 bits per heavy atom. The van der Waals surface area contributed by atoms with Crippen LogP contribution in [0.5, 0.6) is 0 Å². The topological polar surface area (TPSA) is 53.1 Å². The van der Waals surface area contributed by atoms with E-state index in [9.17, 15) is 4.79 Å². The van der Waals surface area contributed by atoms with Crippen LogP contribution in [0.2, 0.25) is 0 Å². The van der Waals surface area contributed by atoms with Crippen LogP contribution in [0.15, 0.2) is 12.3 Å². The van der Waals surface area contributed by atoms with Crippen molar-refractivity contribution < 1.29 is 9.90 Å². The molecule has 0 unspecified atom stereocenters. The molecule has 0 atom stereocenters. The van der Waals surface area contributed by atoms with Gasteiger partial charge in [-0.1, -0.05) is 20.8 Å². The van der Waals surface area contributed by atoms with Gasteiger partial charge < -0.3 is 10.1 Å². The minimum Gasteiger partial charge on any atom is -0.481 e. The number of hydrogen-bond donors (Lipinski definition) is 2. The first kappa shape index (κ1) is 9.84. The molecular formula is C10H15NO2. The first-order valence-corrected chi connectivity index (χ1v) is 4.30. The van der Waals surface area contributed by atoms with Crippen LogP contribution in [0.1, 0.15) is 32.0 Å². The molecule has 1 heterocycles. The standard InChI is InChI=1S/C10H15NO2/c1-10(2,3)7-4-5-11-8(7)6-9(12)13/h4-5,11H,6H2,1-3H3,(H,12,13). The highest BCUT2D eigenvalue weighted by molar-refractivity contribution is 5.70. The van der Waals surface area contributed by atoms with Gasteiger partial charge in [-0.3, -0.25) is 4.79 Å². The van der Waals surface area contributed by atoms with Crippen LogP contribution in [-0.2, 0) is 16.6 Å². The summed E-state index contributed by atoms with van der Waals surface area (Å²) < 4.78 is 0. The molecular weight excluding hydrogens is 166 g/mol. The van der Waals surface area contributed by atoms with Gasteiger partial charge in [0.25, 0.3) is 0 Å². The summed E-state index contributed by atoms with van der Waals surface area (Å²) in [5, 5.41) is 8.66. The fourth-order valence-electron chi connectivity index (χ4n) is 1.40. The van der Waals surface area contributed by atoms with Crippen LogP contribution in [-0.4, -0.2) is 16.1 Å². The van der Waals surface area contributed by atoms with Gasteiger partial charge in [0, 0.05) is 11.9 Å². The van der Waals surface area contributed by atoms with Crippen molar-refractivity contribution in [3.8, 4) is 0 Å². The molecule has 3 nitrogen and oxygen atoms in total. The average molecular weight is 181 g/mol. The van der Waals surface area contributed by atoms with Crippen molar-refractivity contribution in [3.63, 3.8) is 0 Å². The second-order valence-corrected chi connectivity index (χ2v) is 4.19. The van der Waals surface area contributed by atoms with Crippen LogP contribution >= 0.6 is 0 Å². The maximum Gasteiger partial charge on any atom is 0.309 e. The zero-order chi connectivity index (χ0) is 10.1. The Kier molecular flexibility index (Phi) is 2.45. The van der Waals surface area contributed by atoms with E-state index in [1.165, 1.54) is 0 Å². The molecule has 0 aliphatic heterocycles. The van der Waals surface area contributed by atoms with Gasteiger partial charge in [-0.25, -0.2) is 0 Å². The lowest BCUT2D eigenvalue weighted by molar-refractivity contribution is -0.136. The number of nitrogens with one attached hydrogen (secondary N) is 1. The highest BCUT2D eigenvalue weighted by atomic mass is 16.4. The molecule has 72 valence electrons. The van der Waals surface area contributed by atoms with Crippen molar-refractivity contribution in [2.75, 3.05) is 0 Å². The molecule has 0 saturated heterocycles. The molecule has 0 aliphatic rings. The van der Waals surface area contributed by atoms with Crippen LogP contribution in [0.25, 0.3) is 0 Å². The predicted octanol–water partition coefficient (Wildman–Crippen LogP) is 1.94. The normalized spacial score (nSPS) is 11.6. The number of hydrogen-bond acceptors (Lipinski definition) is 1. The summed E-state index contributed by atoms with van der Waals surface area (Å²) in [5.74, 6) is -0.798. The summed E-state index contributed by atoms with van der Waals surface area (Å²) in [6.07, 6.45) is 1.86. The van der Waals surface area contributed by atoms with Gasteiger partial charge in [0.15, 0.2) is 0 Å². The second-order valence-electron chi connectivity index (χ2n) is 4.19. The van der Waals surface area contributed by atoms with Gasteiger partial charge in [0.1, 0.15) is 0 Å². The summed E-state index contributed by atoms with van der Waals surface area (Å²) in [6.45, 7) is 6.21. The van der Waals surface area contributed by atoms with Crippen molar-refractivity contribution in [3.05, 3.63) is 23.5 Å². The fraction of sp³-hybridized carbons (Fsp3) is 0.500. The van der Waals surface area contributed by atoms with Crippen LogP contribution < -0.4 is 0 Å². The van der Waals surface area contributed by atoms with Crippen LogP contribution in [0, 0.1) is 0 Å². The SMILES string of the molecule is CC(C)(C)c1cc[nH]c1CC(=O)O. The molecule has 0 aromatic carbocycles. The van der Waals surface area contributed by atoms with Crippen molar-refractivity contribution in [1.29, 1.82) is 0 Å².